The van der Waals surface area contributed by atoms with E-state index in [9.17, 15) is 9.59 Å². The van der Waals surface area contributed by atoms with Crippen LogP contribution in [0.5, 0.6) is 0 Å². The topological polar surface area (TPSA) is 49.4 Å². The molecule has 4 nitrogen and oxygen atoms in total. The first-order valence-electron chi connectivity index (χ1n) is 7.94. The van der Waals surface area contributed by atoms with E-state index in [1.54, 1.807) is 11.8 Å². The number of benzene rings is 2. The van der Waals surface area contributed by atoms with E-state index in [4.69, 9.17) is 11.6 Å². The van der Waals surface area contributed by atoms with E-state index in [0.29, 0.717) is 22.1 Å². The molecule has 0 aliphatic carbocycles. The second-order valence-electron chi connectivity index (χ2n) is 5.96. The van der Waals surface area contributed by atoms with E-state index in [-0.39, 0.29) is 11.8 Å². The number of carbonyl (C=O) groups is 2. The van der Waals surface area contributed by atoms with Gasteiger partial charge in [0.25, 0.3) is 5.91 Å². The molecular formula is C19H15ClN2O2S. The van der Waals surface area contributed by atoms with Gasteiger partial charge in [0.05, 0.1) is 5.02 Å². The first-order chi connectivity index (χ1) is 12.0. The number of carbonyl (C=O) groups excluding carboxylic acids is 2. The molecule has 2 amide bonds. The van der Waals surface area contributed by atoms with Crippen LogP contribution in [0.4, 0.5) is 11.4 Å². The fraction of sp³-hybridized carbons (Fsp3) is 0.158. The van der Waals surface area contributed by atoms with Gasteiger partial charge in [-0.05, 0) is 36.2 Å². The molecule has 1 N–H and O–H groups in total. The Balaban J connectivity index is 1.61. The molecule has 0 saturated heterocycles. The summed E-state index contributed by atoms with van der Waals surface area (Å²) in [6.07, 6.45) is 0.794. The van der Waals surface area contributed by atoms with Crippen molar-refractivity contribution in [3.8, 4) is 0 Å². The van der Waals surface area contributed by atoms with Crippen LogP contribution in [0.15, 0.2) is 42.5 Å². The van der Waals surface area contributed by atoms with Gasteiger partial charge in [-0.25, -0.2) is 0 Å². The molecule has 126 valence electrons. The summed E-state index contributed by atoms with van der Waals surface area (Å²) in [6, 6.07) is 13.3. The molecule has 0 saturated carbocycles. The van der Waals surface area contributed by atoms with Crippen LogP contribution < -0.4 is 10.2 Å². The van der Waals surface area contributed by atoms with Crippen molar-refractivity contribution in [3.05, 3.63) is 57.9 Å². The summed E-state index contributed by atoms with van der Waals surface area (Å²) in [6.45, 7) is 2.25. The SMILES string of the molecule is CC(=O)N1CCc2cc(NC(=O)c3sc4ccccc4c3Cl)ccc21. The number of nitrogens with zero attached hydrogens (tertiary/aromatic N) is 1. The van der Waals surface area contributed by atoms with Gasteiger partial charge in [0.1, 0.15) is 4.88 Å². The maximum absolute atomic E-state index is 12.6. The third-order valence-corrected chi connectivity index (χ3v) is 6.03. The smallest absolute Gasteiger partial charge is 0.267 e. The van der Waals surface area contributed by atoms with Crippen LogP contribution in [0.2, 0.25) is 5.02 Å². The molecule has 1 aliphatic heterocycles. The Labute approximate surface area is 154 Å². The number of nitrogens with one attached hydrogen (secondary N) is 1. The second-order valence-corrected chi connectivity index (χ2v) is 7.39. The fourth-order valence-corrected chi connectivity index (χ4v) is 4.57. The summed E-state index contributed by atoms with van der Waals surface area (Å²) in [5, 5.41) is 4.30. The van der Waals surface area contributed by atoms with Gasteiger partial charge in [-0.1, -0.05) is 29.8 Å². The van der Waals surface area contributed by atoms with E-state index >= 15 is 0 Å². The second kappa shape index (κ2) is 6.17. The number of amides is 2. The molecule has 0 spiro atoms. The molecule has 0 unspecified atom stereocenters. The summed E-state index contributed by atoms with van der Waals surface area (Å²) < 4.78 is 0.990. The van der Waals surface area contributed by atoms with Crippen LogP contribution in [0.1, 0.15) is 22.2 Å². The Morgan fingerprint density at radius 3 is 2.76 bits per heavy atom. The molecule has 0 atom stereocenters. The maximum atomic E-state index is 12.6. The van der Waals surface area contributed by atoms with Crippen LogP contribution >= 0.6 is 22.9 Å². The zero-order valence-corrected chi connectivity index (χ0v) is 15.1. The predicted molar refractivity (Wildman–Crippen MR) is 103 cm³/mol. The Bertz CT molecular complexity index is 1010. The number of thiophene rings is 1. The molecule has 1 aliphatic rings. The minimum absolute atomic E-state index is 0.0348. The van der Waals surface area contributed by atoms with Crippen LogP contribution in [-0.2, 0) is 11.2 Å². The fourth-order valence-electron chi connectivity index (χ4n) is 3.15. The van der Waals surface area contributed by atoms with Crippen LogP contribution in [0, 0.1) is 0 Å². The lowest BCUT2D eigenvalue weighted by Crippen LogP contribution is -2.25. The highest BCUT2D eigenvalue weighted by atomic mass is 35.5. The van der Waals surface area contributed by atoms with Gasteiger partial charge < -0.3 is 10.2 Å². The number of anilines is 2. The van der Waals surface area contributed by atoms with Crippen molar-refractivity contribution in [3.63, 3.8) is 0 Å². The molecule has 0 bridgehead atoms. The van der Waals surface area contributed by atoms with E-state index in [1.807, 2.05) is 42.5 Å². The van der Waals surface area contributed by atoms with Crippen LogP contribution in [0.25, 0.3) is 10.1 Å². The number of rotatable bonds is 2. The Kier molecular flexibility index (Phi) is 3.98. The Morgan fingerprint density at radius 2 is 2.00 bits per heavy atom. The summed E-state index contributed by atoms with van der Waals surface area (Å²) in [7, 11) is 0. The Morgan fingerprint density at radius 1 is 1.20 bits per heavy atom. The minimum atomic E-state index is -0.215. The molecule has 2 heterocycles. The number of halogens is 1. The number of hydrogen-bond donors (Lipinski definition) is 1. The number of fused-ring (bicyclic) bond motifs is 2. The third kappa shape index (κ3) is 2.79. The first-order valence-corrected chi connectivity index (χ1v) is 9.13. The lowest BCUT2D eigenvalue weighted by atomic mass is 10.1. The quantitative estimate of drug-likeness (QED) is 0.709. The molecule has 3 aromatic rings. The summed E-state index contributed by atoms with van der Waals surface area (Å²) >= 11 is 7.76. The van der Waals surface area contributed by atoms with Crippen LogP contribution in [0.3, 0.4) is 0 Å². The Hall–Kier alpha value is -2.37. The standard InChI is InChI=1S/C19H15ClN2O2S/c1-11(23)22-9-8-12-10-13(6-7-15(12)22)21-19(24)18-17(20)14-4-2-3-5-16(14)25-18/h2-7,10H,8-9H2,1H3,(H,21,24). The number of hydrogen-bond acceptors (Lipinski definition) is 3. The van der Waals surface area contributed by atoms with Gasteiger partial charge in [-0.15, -0.1) is 11.3 Å². The molecule has 1 aromatic heterocycles. The normalized spacial score (nSPS) is 13.1. The van der Waals surface area contributed by atoms with Crippen molar-refractivity contribution in [2.24, 2.45) is 0 Å². The van der Waals surface area contributed by atoms with Gasteiger partial charge in [-0.2, -0.15) is 0 Å². The van der Waals surface area contributed by atoms with Crippen molar-refractivity contribution < 1.29 is 9.59 Å². The van der Waals surface area contributed by atoms with Gasteiger partial charge in [0.15, 0.2) is 0 Å². The molecular weight excluding hydrogens is 356 g/mol. The monoisotopic (exact) mass is 370 g/mol. The van der Waals surface area contributed by atoms with E-state index in [0.717, 1.165) is 27.8 Å². The summed E-state index contributed by atoms with van der Waals surface area (Å²) in [5.74, 6) is -0.180. The van der Waals surface area contributed by atoms with Gasteiger partial charge in [-0.3, -0.25) is 9.59 Å². The average molecular weight is 371 g/mol. The minimum Gasteiger partial charge on any atom is -0.321 e. The van der Waals surface area contributed by atoms with Crippen molar-refractivity contribution >= 4 is 56.2 Å². The van der Waals surface area contributed by atoms with Gasteiger partial charge >= 0.3 is 0 Å². The lowest BCUT2D eigenvalue weighted by molar-refractivity contribution is -0.116. The molecule has 25 heavy (non-hydrogen) atoms. The summed E-state index contributed by atoms with van der Waals surface area (Å²) in [5.41, 5.74) is 2.70. The first kappa shape index (κ1) is 16.1. The zero-order valence-electron chi connectivity index (χ0n) is 13.5. The van der Waals surface area contributed by atoms with Crippen molar-refractivity contribution in [2.45, 2.75) is 13.3 Å². The van der Waals surface area contributed by atoms with Crippen molar-refractivity contribution in [1.29, 1.82) is 0 Å². The predicted octanol–water partition coefficient (Wildman–Crippen LogP) is 4.72. The zero-order chi connectivity index (χ0) is 17.6. The van der Waals surface area contributed by atoms with Gasteiger partial charge in [0, 0.05) is 34.9 Å². The maximum Gasteiger partial charge on any atom is 0.267 e. The highest BCUT2D eigenvalue weighted by Gasteiger charge is 2.23. The average Bonchev–Trinajstić information content (AvgIpc) is 3.16. The van der Waals surface area contributed by atoms with E-state index in [1.165, 1.54) is 11.3 Å². The summed E-state index contributed by atoms with van der Waals surface area (Å²) in [4.78, 5) is 26.5. The molecule has 4 rings (SSSR count). The molecule has 0 fully saturated rings. The van der Waals surface area contributed by atoms with E-state index in [2.05, 4.69) is 5.32 Å². The van der Waals surface area contributed by atoms with Crippen molar-refractivity contribution in [1.82, 2.24) is 0 Å². The lowest BCUT2D eigenvalue weighted by Gasteiger charge is -2.15. The molecule has 0 radical (unpaired) electrons. The molecule has 6 heteroatoms. The van der Waals surface area contributed by atoms with E-state index < -0.39 is 0 Å². The highest BCUT2D eigenvalue weighted by molar-refractivity contribution is 7.21. The largest absolute Gasteiger partial charge is 0.321 e. The van der Waals surface area contributed by atoms with Crippen LogP contribution in [-0.4, -0.2) is 18.4 Å². The van der Waals surface area contributed by atoms with Gasteiger partial charge in [0.2, 0.25) is 5.91 Å². The highest BCUT2D eigenvalue weighted by Crippen LogP contribution is 2.36. The van der Waals surface area contributed by atoms with Crippen molar-refractivity contribution in [2.75, 3.05) is 16.8 Å². The molecule has 2 aromatic carbocycles. The third-order valence-electron chi connectivity index (χ3n) is 4.35.